The maximum absolute atomic E-state index is 12.7. The van der Waals surface area contributed by atoms with Crippen LogP contribution < -0.4 is 0 Å². The molecule has 0 aromatic heterocycles. The van der Waals surface area contributed by atoms with Gasteiger partial charge in [0, 0.05) is 6.07 Å². The summed E-state index contributed by atoms with van der Waals surface area (Å²) in [4.78, 5) is 0. The number of hydrogen-bond donors (Lipinski definition) is 0. The largest absolute Gasteiger partial charge is 0.207 e. The minimum atomic E-state index is -0.505. The summed E-state index contributed by atoms with van der Waals surface area (Å²) in [5.74, 6) is 0.633. The third-order valence-corrected chi connectivity index (χ3v) is 2.38. The maximum atomic E-state index is 12.7. The summed E-state index contributed by atoms with van der Waals surface area (Å²) in [6, 6.07) is 3.62. The van der Waals surface area contributed by atoms with Gasteiger partial charge in [0.15, 0.2) is 0 Å². The van der Waals surface area contributed by atoms with Crippen molar-refractivity contribution in [2.24, 2.45) is 0 Å². The van der Waals surface area contributed by atoms with Gasteiger partial charge in [0.1, 0.15) is 11.6 Å². The summed E-state index contributed by atoms with van der Waals surface area (Å²) in [6.07, 6.45) is 0.689. The van der Waals surface area contributed by atoms with Crippen molar-refractivity contribution in [2.45, 2.75) is 6.42 Å². The Morgan fingerprint density at radius 3 is 2.31 bits per heavy atom. The molecule has 0 saturated carbocycles. The van der Waals surface area contributed by atoms with Crippen LogP contribution in [-0.2, 0) is 6.42 Å². The Morgan fingerprint density at radius 1 is 1.15 bits per heavy atom. The number of hydrogen-bond acceptors (Lipinski definition) is 1. The lowest BCUT2D eigenvalue weighted by atomic mass is 10.2. The average Bonchev–Trinajstić information content (AvgIpc) is 2.03. The number of thioether (sulfide) groups is 1. The minimum Gasteiger partial charge on any atom is -0.207 e. The molecule has 71 valence electrons. The molecule has 0 aliphatic heterocycles. The second-order valence-corrected chi connectivity index (χ2v) is 3.86. The fourth-order valence-corrected chi connectivity index (χ4v) is 1.63. The second kappa shape index (κ2) is 5.22. The summed E-state index contributed by atoms with van der Waals surface area (Å²) < 4.78 is 25.4. The van der Waals surface area contributed by atoms with Gasteiger partial charge in [-0.3, -0.25) is 0 Å². The van der Waals surface area contributed by atoms with Crippen LogP contribution in [0.15, 0.2) is 18.2 Å². The number of rotatable bonds is 4. The van der Waals surface area contributed by atoms with Crippen LogP contribution in [-0.4, -0.2) is 11.5 Å². The first-order valence-electron chi connectivity index (χ1n) is 4.04. The normalized spacial score (nSPS) is 10.4. The SMILES string of the molecule is [CH2]CSCCc1cc(F)cc(F)c1. The van der Waals surface area contributed by atoms with Crippen LogP contribution in [0, 0.1) is 18.6 Å². The monoisotopic (exact) mass is 201 g/mol. The zero-order valence-electron chi connectivity index (χ0n) is 7.22. The summed E-state index contributed by atoms with van der Waals surface area (Å²) >= 11 is 1.66. The van der Waals surface area contributed by atoms with Gasteiger partial charge in [0.05, 0.1) is 0 Å². The first kappa shape index (κ1) is 10.5. The van der Waals surface area contributed by atoms with E-state index in [4.69, 9.17) is 0 Å². The predicted octanol–water partition coefficient (Wildman–Crippen LogP) is 3.07. The molecule has 0 unspecified atom stereocenters. The van der Waals surface area contributed by atoms with Crippen molar-refractivity contribution in [3.63, 3.8) is 0 Å². The van der Waals surface area contributed by atoms with Gasteiger partial charge in [0.2, 0.25) is 0 Å². The first-order valence-corrected chi connectivity index (χ1v) is 5.20. The maximum Gasteiger partial charge on any atom is 0.126 e. The Labute approximate surface area is 81.3 Å². The van der Waals surface area contributed by atoms with Gasteiger partial charge in [-0.15, -0.1) is 0 Å². The van der Waals surface area contributed by atoms with Crippen LogP contribution in [0.1, 0.15) is 5.56 Å². The Kier molecular flexibility index (Phi) is 4.22. The highest BCUT2D eigenvalue weighted by Gasteiger charge is 1.99. The predicted molar refractivity (Wildman–Crippen MR) is 52.7 cm³/mol. The smallest absolute Gasteiger partial charge is 0.126 e. The molecule has 0 amide bonds. The van der Waals surface area contributed by atoms with Crippen molar-refractivity contribution in [1.82, 2.24) is 0 Å². The molecule has 0 bridgehead atoms. The quantitative estimate of drug-likeness (QED) is 0.675. The lowest BCUT2D eigenvalue weighted by molar-refractivity contribution is 0.580. The van der Waals surface area contributed by atoms with Crippen LogP contribution in [0.5, 0.6) is 0 Å². The van der Waals surface area contributed by atoms with Gasteiger partial charge in [-0.1, -0.05) is 0 Å². The molecule has 0 heterocycles. The van der Waals surface area contributed by atoms with Crippen molar-refractivity contribution in [3.8, 4) is 0 Å². The molecule has 3 heteroatoms. The molecule has 1 aromatic rings. The number of benzene rings is 1. The fraction of sp³-hybridized carbons (Fsp3) is 0.300. The Bertz CT molecular complexity index is 253. The zero-order chi connectivity index (χ0) is 9.68. The molecule has 1 aromatic carbocycles. The molecule has 0 nitrogen and oxygen atoms in total. The van der Waals surface area contributed by atoms with Gasteiger partial charge < -0.3 is 0 Å². The van der Waals surface area contributed by atoms with E-state index in [1.807, 2.05) is 0 Å². The second-order valence-electron chi connectivity index (χ2n) is 2.64. The summed E-state index contributed by atoms with van der Waals surface area (Å²) in [7, 11) is 0. The standard InChI is InChI=1S/C10H11F2S/c1-2-13-4-3-8-5-9(11)7-10(12)6-8/h5-7H,1-4H2. The van der Waals surface area contributed by atoms with Crippen LogP contribution in [0.3, 0.4) is 0 Å². The molecule has 0 atom stereocenters. The van der Waals surface area contributed by atoms with E-state index < -0.39 is 11.6 Å². The third-order valence-electron chi connectivity index (χ3n) is 1.60. The van der Waals surface area contributed by atoms with Crippen LogP contribution >= 0.6 is 11.8 Å². The van der Waals surface area contributed by atoms with Gasteiger partial charge in [-0.05, 0) is 42.5 Å². The third kappa shape index (κ3) is 3.77. The zero-order valence-corrected chi connectivity index (χ0v) is 8.04. The molecular weight excluding hydrogens is 190 g/mol. The van der Waals surface area contributed by atoms with Gasteiger partial charge in [-0.25, -0.2) is 8.78 Å². The summed E-state index contributed by atoms with van der Waals surface area (Å²) in [5, 5.41) is 0. The van der Waals surface area contributed by atoms with E-state index in [2.05, 4.69) is 6.92 Å². The van der Waals surface area contributed by atoms with E-state index in [0.717, 1.165) is 17.6 Å². The van der Waals surface area contributed by atoms with E-state index in [0.29, 0.717) is 12.0 Å². The summed E-state index contributed by atoms with van der Waals surface area (Å²) in [6.45, 7) is 3.67. The van der Waals surface area contributed by atoms with Crippen LogP contribution in [0.2, 0.25) is 0 Å². The van der Waals surface area contributed by atoms with Crippen LogP contribution in [0.25, 0.3) is 0 Å². The van der Waals surface area contributed by atoms with Crippen molar-refractivity contribution in [3.05, 3.63) is 42.3 Å². The Balaban J connectivity index is 2.56. The van der Waals surface area contributed by atoms with Gasteiger partial charge in [0.25, 0.3) is 0 Å². The Hall–Kier alpha value is -0.570. The fourth-order valence-electron chi connectivity index (χ4n) is 1.05. The highest BCUT2D eigenvalue weighted by molar-refractivity contribution is 7.99. The van der Waals surface area contributed by atoms with Crippen molar-refractivity contribution in [2.75, 3.05) is 11.5 Å². The van der Waals surface area contributed by atoms with Crippen molar-refractivity contribution < 1.29 is 8.78 Å². The van der Waals surface area contributed by atoms with E-state index >= 15 is 0 Å². The highest BCUT2D eigenvalue weighted by Crippen LogP contribution is 2.11. The Morgan fingerprint density at radius 2 is 1.77 bits per heavy atom. The molecule has 1 rings (SSSR count). The molecule has 0 N–H and O–H groups in total. The molecule has 0 saturated heterocycles. The van der Waals surface area contributed by atoms with Gasteiger partial charge in [-0.2, -0.15) is 11.8 Å². The van der Waals surface area contributed by atoms with E-state index in [1.54, 1.807) is 11.8 Å². The van der Waals surface area contributed by atoms with E-state index in [-0.39, 0.29) is 0 Å². The van der Waals surface area contributed by atoms with E-state index in [9.17, 15) is 8.78 Å². The lowest BCUT2D eigenvalue weighted by Gasteiger charge is -2.00. The van der Waals surface area contributed by atoms with E-state index in [1.165, 1.54) is 12.1 Å². The molecule has 0 spiro atoms. The number of aryl methyl sites for hydroxylation is 1. The number of halogens is 2. The molecule has 1 radical (unpaired) electrons. The topological polar surface area (TPSA) is 0 Å². The molecule has 0 fully saturated rings. The lowest BCUT2D eigenvalue weighted by Crippen LogP contribution is -1.91. The van der Waals surface area contributed by atoms with Crippen molar-refractivity contribution >= 4 is 11.8 Å². The van der Waals surface area contributed by atoms with Gasteiger partial charge >= 0.3 is 0 Å². The molecule has 13 heavy (non-hydrogen) atoms. The first-order chi connectivity index (χ1) is 6.22. The highest BCUT2D eigenvalue weighted by atomic mass is 32.2. The minimum absolute atomic E-state index is 0.505. The molecule has 0 aliphatic carbocycles. The molecule has 0 aliphatic rings. The molecular formula is C10H11F2S. The average molecular weight is 201 g/mol. The summed E-state index contributed by atoms with van der Waals surface area (Å²) in [5.41, 5.74) is 0.707. The van der Waals surface area contributed by atoms with Crippen LogP contribution in [0.4, 0.5) is 8.78 Å². The van der Waals surface area contributed by atoms with Crippen molar-refractivity contribution in [1.29, 1.82) is 0 Å².